The second-order valence-electron chi connectivity index (χ2n) is 4.42. The van der Waals surface area contributed by atoms with E-state index in [0.717, 1.165) is 16.8 Å². The van der Waals surface area contributed by atoms with E-state index in [2.05, 4.69) is 10.3 Å². The third kappa shape index (κ3) is 4.25. The molecule has 0 saturated carbocycles. The van der Waals surface area contributed by atoms with E-state index in [1.54, 1.807) is 42.7 Å². The number of ether oxygens (including phenoxy) is 1. The number of nitrogens with zero attached hydrogens (tertiary/aromatic N) is 1. The van der Waals surface area contributed by atoms with Gasteiger partial charge in [-0.3, -0.25) is 9.78 Å². The minimum absolute atomic E-state index is 0.0752. The van der Waals surface area contributed by atoms with Crippen molar-refractivity contribution >= 4 is 28.8 Å². The Labute approximate surface area is 128 Å². The van der Waals surface area contributed by atoms with Gasteiger partial charge in [-0.05, 0) is 42.8 Å². The van der Waals surface area contributed by atoms with Gasteiger partial charge in [0.1, 0.15) is 10.7 Å². The SMILES string of the molecule is Cc1cnccc1NC(=O)COc1ccc(C(N)=S)cc1. The van der Waals surface area contributed by atoms with E-state index >= 15 is 0 Å². The van der Waals surface area contributed by atoms with Gasteiger partial charge >= 0.3 is 0 Å². The molecular weight excluding hydrogens is 286 g/mol. The van der Waals surface area contributed by atoms with E-state index < -0.39 is 0 Å². The summed E-state index contributed by atoms with van der Waals surface area (Å²) in [6.45, 7) is 1.80. The molecule has 0 spiro atoms. The van der Waals surface area contributed by atoms with E-state index in [-0.39, 0.29) is 12.5 Å². The number of rotatable bonds is 5. The average Bonchev–Trinajstić information content (AvgIpc) is 2.48. The van der Waals surface area contributed by atoms with E-state index in [9.17, 15) is 4.79 Å². The second-order valence-corrected chi connectivity index (χ2v) is 4.86. The molecule has 1 amide bonds. The van der Waals surface area contributed by atoms with Crippen molar-refractivity contribution in [1.82, 2.24) is 4.98 Å². The van der Waals surface area contributed by atoms with Gasteiger partial charge in [-0.25, -0.2) is 0 Å². The summed E-state index contributed by atoms with van der Waals surface area (Å²) in [5.74, 6) is 0.347. The Morgan fingerprint density at radius 1 is 1.33 bits per heavy atom. The standard InChI is InChI=1S/C15H15N3O2S/c1-10-8-17-7-6-13(10)18-14(19)9-20-12-4-2-11(3-5-12)15(16)21/h2-8H,9H2,1H3,(H2,16,21)(H,17,18,19). The summed E-state index contributed by atoms with van der Waals surface area (Å²) in [6.07, 6.45) is 3.31. The Bertz CT molecular complexity index is 656. The molecule has 0 aliphatic rings. The Morgan fingerprint density at radius 3 is 2.67 bits per heavy atom. The van der Waals surface area contributed by atoms with Gasteiger partial charge in [0.25, 0.3) is 5.91 Å². The third-order valence-corrected chi connectivity index (χ3v) is 3.04. The number of hydrogen-bond acceptors (Lipinski definition) is 4. The summed E-state index contributed by atoms with van der Waals surface area (Å²) in [7, 11) is 0. The number of thiocarbonyl (C=S) groups is 1. The molecule has 0 unspecified atom stereocenters. The van der Waals surface area contributed by atoms with Crippen LogP contribution in [0.5, 0.6) is 5.75 Å². The summed E-state index contributed by atoms with van der Waals surface area (Å²) in [5.41, 5.74) is 7.89. The minimum atomic E-state index is -0.234. The van der Waals surface area contributed by atoms with Crippen LogP contribution in [0.1, 0.15) is 11.1 Å². The van der Waals surface area contributed by atoms with Crippen LogP contribution in [-0.4, -0.2) is 22.5 Å². The Morgan fingerprint density at radius 2 is 2.05 bits per heavy atom. The molecule has 1 aromatic carbocycles. The van der Waals surface area contributed by atoms with Gasteiger partial charge in [0.15, 0.2) is 6.61 Å². The Balaban J connectivity index is 1.89. The summed E-state index contributed by atoms with van der Waals surface area (Å²) >= 11 is 4.86. The van der Waals surface area contributed by atoms with Crippen LogP contribution >= 0.6 is 12.2 Å². The molecule has 3 N–H and O–H groups in total. The maximum atomic E-state index is 11.8. The predicted molar refractivity (Wildman–Crippen MR) is 85.4 cm³/mol. The third-order valence-electron chi connectivity index (χ3n) is 2.80. The Hall–Kier alpha value is -2.47. The van der Waals surface area contributed by atoms with E-state index in [0.29, 0.717) is 10.7 Å². The zero-order chi connectivity index (χ0) is 15.2. The number of pyridine rings is 1. The largest absolute Gasteiger partial charge is 0.484 e. The van der Waals surface area contributed by atoms with Crippen molar-refractivity contribution in [2.24, 2.45) is 5.73 Å². The minimum Gasteiger partial charge on any atom is -0.484 e. The molecule has 1 aromatic heterocycles. The molecule has 0 radical (unpaired) electrons. The number of carbonyl (C=O) groups excluding carboxylic acids is 1. The fourth-order valence-electron chi connectivity index (χ4n) is 1.66. The summed E-state index contributed by atoms with van der Waals surface area (Å²) in [5, 5.41) is 2.77. The van der Waals surface area contributed by atoms with E-state index in [4.69, 9.17) is 22.7 Å². The van der Waals surface area contributed by atoms with Gasteiger partial charge in [0.05, 0.1) is 0 Å². The first-order valence-corrected chi connectivity index (χ1v) is 6.70. The first-order valence-electron chi connectivity index (χ1n) is 6.29. The lowest BCUT2D eigenvalue weighted by Crippen LogP contribution is -2.20. The maximum absolute atomic E-state index is 11.8. The maximum Gasteiger partial charge on any atom is 0.262 e. The number of anilines is 1. The van der Waals surface area contributed by atoms with Crippen LogP contribution in [0.15, 0.2) is 42.7 Å². The van der Waals surface area contributed by atoms with Crippen molar-refractivity contribution in [2.45, 2.75) is 6.92 Å². The summed E-state index contributed by atoms with van der Waals surface area (Å²) in [4.78, 5) is 16.1. The normalized spacial score (nSPS) is 9.95. The number of carbonyl (C=O) groups is 1. The average molecular weight is 301 g/mol. The quantitative estimate of drug-likeness (QED) is 0.826. The predicted octanol–water partition coefficient (Wildman–Crippen LogP) is 2.04. The first kappa shape index (κ1) is 14.9. The molecule has 21 heavy (non-hydrogen) atoms. The lowest BCUT2D eigenvalue weighted by atomic mass is 10.2. The Kier molecular flexibility index (Phi) is 4.84. The van der Waals surface area contributed by atoms with Crippen LogP contribution in [0.25, 0.3) is 0 Å². The first-order chi connectivity index (χ1) is 10.1. The fraction of sp³-hybridized carbons (Fsp3) is 0.133. The van der Waals surface area contributed by atoms with Gasteiger partial charge in [0, 0.05) is 23.6 Å². The highest BCUT2D eigenvalue weighted by Crippen LogP contribution is 2.13. The lowest BCUT2D eigenvalue weighted by molar-refractivity contribution is -0.118. The summed E-state index contributed by atoms with van der Waals surface area (Å²) in [6, 6.07) is 8.69. The number of nitrogens with one attached hydrogen (secondary N) is 1. The van der Waals surface area contributed by atoms with Crippen molar-refractivity contribution in [3.63, 3.8) is 0 Å². The highest BCUT2D eigenvalue weighted by molar-refractivity contribution is 7.80. The zero-order valence-electron chi connectivity index (χ0n) is 11.5. The molecule has 108 valence electrons. The molecule has 0 bridgehead atoms. The van der Waals surface area contributed by atoms with Crippen molar-refractivity contribution in [1.29, 1.82) is 0 Å². The molecule has 2 aromatic rings. The number of amides is 1. The van der Waals surface area contributed by atoms with Crippen LogP contribution in [0.2, 0.25) is 0 Å². The number of hydrogen-bond donors (Lipinski definition) is 2. The van der Waals surface area contributed by atoms with Crippen molar-refractivity contribution in [3.05, 3.63) is 53.9 Å². The number of nitrogens with two attached hydrogens (primary N) is 1. The van der Waals surface area contributed by atoms with Crippen molar-refractivity contribution in [2.75, 3.05) is 11.9 Å². The molecular formula is C15H15N3O2S. The van der Waals surface area contributed by atoms with Crippen LogP contribution in [0.4, 0.5) is 5.69 Å². The lowest BCUT2D eigenvalue weighted by Gasteiger charge is -2.09. The van der Waals surface area contributed by atoms with Crippen LogP contribution in [-0.2, 0) is 4.79 Å². The monoisotopic (exact) mass is 301 g/mol. The zero-order valence-corrected chi connectivity index (χ0v) is 12.3. The van der Waals surface area contributed by atoms with E-state index in [1.165, 1.54) is 0 Å². The molecule has 5 nitrogen and oxygen atoms in total. The molecule has 2 rings (SSSR count). The molecule has 0 saturated heterocycles. The molecule has 0 fully saturated rings. The molecule has 6 heteroatoms. The molecule has 0 aliphatic carbocycles. The second kappa shape index (κ2) is 6.81. The smallest absolute Gasteiger partial charge is 0.262 e. The van der Waals surface area contributed by atoms with Gasteiger partial charge in [-0.15, -0.1) is 0 Å². The van der Waals surface area contributed by atoms with Crippen LogP contribution in [0, 0.1) is 6.92 Å². The van der Waals surface area contributed by atoms with Gasteiger partial charge in [-0.2, -0.15) is 0 Å². The topological polar surface area (TPSA) is 77.2 Å². The highest BCUT2D eigenvalue weighted by atomic mass is 32.1. The van der Waals surface area contributed by atoms with Crippen molar-refractivity contribution < 1.29 is 9.53 Å². The number of aromatic nitrogens is 1. The number of aryl methyl sites for hydroxylation is 1. The van der Waals surface area contributed by atoms with Gasteiger partial charge < -0.3 is 15.8 Å². The molecule has 0 aliphatic heterocycles. The molecule has 1 heterocycles. The number of benzene rings is 1. The fourth-order valence-corrected chi connectivity index (χ4v) is 1.80. The van der Waals surface area contributed by atoms with Gasteiger partial charge in [0.2, 0.25) is 0 Å². The van der Waals surface area contributed by atoms with Gasteiger partial charge in [-0.1, -0.05) is 12.2 Å². The van der Waals surface area contributed by atoms with E-state index in [1.807, 2.05) is 6.92 Å². The van der Waals surface area contributed by atoms with Crippen LogP contribution < -0.4 is 15.8 Å². The van der Waals surface area contributed by atoms with Crippen molar-refractivity contribution in [3.8, 4) is 5.75 Å². The molecule has 0 atom stereocenters. The summed E-state index contributed by atoms with van der Waals surface area (Å²) < 4.78 is 5.40. The highest BCUT2D eigenvalue weighted by Gasteiger charge is 2.06. The van der Waals surface area contributed by atoms with Crippen LogP contribution in [0.3, 0.4) is 0 Å².